The summed E-state index contributed by atoms with van der Waals surface area (Å²) in [5, 5.41) is 4.46. The molecule has 1 aromatic heterocycles. The third-order valence-electron chi connectivity index (χ3n) is 2.65. The fourth-order valence-corrected chi connectivity index (χ4v) is 2.03. The van der Waals surface area contributed by atoms with Crippen LogP contribution in [-0.4, -0.2) is 15.6 Å². The van der Waals surface area contributed by atoms with Gasteiger partial charge in [-0.15, -0.1) is 0 Å². The predicted octanol–water partition coefficient (Wildman–Crippen LogP) is 2.76. The number of carbonyl (C=O) groups is 1. The van der Waals surface area contributed by atoms with Crippen LogP contribution in [-0.2, 0) is 6.54 Å². The zero-order valence-electron chi connectivity index (χ0n) is 10.1. The van der Waals surface area contributed by atoms with Crippen molar-refractivity contribution in [2.45, 2.75) is 19.9 Å². The molecule has 0 aliphatic rings. The summed E-state index contributed by atoms with van der Waals surface area (Å²) in [5.74, 6) is -0.191. The number of ketones is 1. The van der Waals surface area contributed by atoms with Gasteiger partial charge in [0.1, 0.15) is 5.69 Å². The number of nitrogen functional groups attached to an aromatic ring is 1. The molecular weight excluding hydrogens is 250 g/mol. The van der Waals surface area contributed by atoms with E-state index in [2.05, 4.69) is 5.10 Å². The van der Waals surface area contributed by atoms with Crippen LogP contribution < -0.4 is 5.73 Å². The maximum absolute atomic E-state index is 12.4. The van der Waals surface area contributed by atoms with Crippen LogP contribution in [0.3, 0.4) is 0 Å². The molecule has 2 N–H and O–H groups in total. The minimum atomic E-state index is -0.191. The highest BCUT2D eigenvalue weighted by molar-refractivity contribution is 6.34. The number of halogens is 1. The number of nitrogens with zero attached hydrogens (tertiary/aromatic N) is 2. The maximum atomic E-state index is 12.4. The second kappa shape index (κ2) is 5.23. The van der Waals surface area contributed by atoms with Crippen molar-refractivity contribution in [3.8, 4) is 0 Å². The molecule has 0 unspecified atom stereocenters. The molecule has 0 atom stereocenters. The Labute approximate surface area is 110 Å². The van der Waals surface area contributed by atoms with Crippen molar-refractivity contribution >= 4 is 23.1 Å². The molecule has 4 nitrogen and oxygen atoms in total. The summed E-state index contributed by atoms with van der Waals surface area (Å²) >= 11 is 6.03. The van der Waals surface area contributed by atoms with Crippen molar-refractivity contribution in [2.24, 2.45) is 0 Å². The van der Waals surface area contributed by atoms with E-state index in [1.54, 1.807) is 28.9 Å². The highest BCUT2D eigenvalue weighted by Gasteiger charge is 2.20. The Hall–Kier alpha value is -1.81. The monoisotopic (exact) mass is 263 g/mol. The third-order valence-corrected chi connectivity index (χ3v) is 2.93. The molecule has 1 heterocycles. The zero-order chi connectivity index (χ0) is 13.1. The smallest absolute Gasteiger partial charge is 0.214 e. The Morgan fingerprint density at radius 2 is 2.17 bits per heavy atom. The largest absolute Gasteiger partial charge is 0.398 e. The van der Waals surface area contributed by atoms with Crippen LogP contribution in [0.15, 0.2) is 30.5 Å². The third kappa shape index (κ3) is 2.24. The van der Waals surface area contributed by atoms with Crippen molar-refractivity contribution in [1.29, 1.82) is 0 Å². The Morgan fingerprint density at radius 1 is 1.44 bits per heavy atom. The first-order valence-corrected chi connectivity index (χ1v) is 6.13. The summed E-state index contributed by atoms with van der Waals surface area (Å²) in [4.78, 5) is 12.4. The first-order valence-electron chi connectivity index (χ1n) is 5.75. The molecule has 0 bridgehead atoms. The normalized spacial score (nSPS) is 10.6. The summed E-state index contributed by atoms with van der Waals surface area (Å²) in [5.41, 5.74) is 7.11. The molecule has 0 aliphatic carbocycles. The highest BCUT2D eigenvalue weighted by Crippen LogP contribution is 2.22. The Balaban J connectivity index is 2.46. The van der Waals surface area contributed by atoms with Gasteiger partial charge in [-0.1, -0.05) is 30.7 Å². The minimum Gasteiger partial charge on any atom is -0.398 e. The molecule has 0 amide bonds. The van der Waals surface area contributed by atoms with Crippen LogP contribution in [0.4, 0.5) is 5.69 Å². The minimum absolute atomic E-state index is 0.191. The molecule has 94 valence electrons. The Bertz CT molecular complexity index is 577. The molecule has 0 saturated carbocycles. The van der Waals surface area contributed by atoms with Crippen LogP contribution in [0.5, 0.6) is 0 Å². The summed E-state index contributed by atoms with van der Waals surface area (Å²) in [6, 6.07) is 6.95. The second-order valence-corrected chi connectivity index (χ2v) is 4.39. The van der Waals surface area contributed by atoms with E-state index >= 15 is 0 Å². The first-order chi connectivity index (χ1) is 8.65. The predicted molar refractivity (Wildman–Crippen MR) is 71.8 cm³/mol. The van der Waals surface area contributed by atoms with Crippen molar-refractivity contribution in [1.82, 2.24) is 9.78 Å². The quantitative estimate of drug-likeness (QED) is 0.682. The van der Waals surface area contributed by atoms with Crippen LogP contribution >= 0.6 is 11.6 Å². The second-order valence-electron chi connectivity index (χ2n) is 3.98. The summed E-state index contributed by atoms with van der Waals surface area (Å²) in [7, 11) is 0. The van der Waals surface area contributed by atoms with E-state index in [1.165, 1.54) is 6.20 Å². The number of anilines is 1. The van der Waals surface area contributed by atoms with Crippen molar-refractivity contribution in [3.05, 3.63) is 46.7 Å². The number of nitrogens with two attached hydrogens (primary N) is 1. The number of carbonyl (C=O) groups excluding carboxylic acids is 1. The van der Waals surface area contributed by atoms with Gasteiger partial charge in [0.05, 0.1) is 11.2 Å². The lowest BCUT2D eigenvalue weighted by molar-refractivity contribution is 0.102. The van der Waals surface area contributed by atoms with Crippen LogP contribution in [0.2, 0.25) is 5.02 Å². The lowest BCUT2D eigenvalue weighted by atomic mass is 10.1. The average molecular weight is 264 g/mol. The van der Waals surface area contributed by atoms with Gasteiger partial charge >= 0.3 is 0 Å². The lowest BCUT2D eigenvalue weighted by Gasteiger charge is -2.07. The summed E-state index contributed by atoms with van der Waals surface area (Å²) in [6.07, 6.45) is 2.37. The van der Waals surface area contributed by atoms with Gasteiger partial charge < -0.3 is 5.73 Å². The van der Waals surface area contributed by atoms with Crippen molar-refractivity contribution in [3.63, 3.8) is 0 Å². The molecule has 0 saturated heterocycles. The van der Waals surface area contributed by atoms with Gasteiger partial charge in [0.25, 0.3) is 0 Å². The molecule has 0 aliphatic heterocycles. The first kappa shape index (κ1) is 12.6. The number of benzene rings is 1. The highest BCUT2D eigenvalue weighted by atomic mass is 35.5. The van der Waals surface area contributed by atoms with Crippen LogP contribution in [0, 0.1) is 0 Å². The topological polar surface area (TPSA) is 60.9 Å². The summed E-state index contributed by atoms with van der Waals surface area (Å²) in [6.45, 7) is 2.67. The van der Waals surface area contributed by atoms with Gasteiger partial charge in [-0.3, -0.25) is 9.48 Å². The Morgan fingerprint density at radius 3 is 2.83 bits per heavy atom. The summed E-state index contributed by atoms with van der Waals surface area (Å²) < 4.78 is 1.62. The van der Waals surface area contributed by atoms with Gasteiger partial charge in [-0.2, -0.15) is 5.10 Å². The molecule has 0 fully saturated rings. The van der Waals surface area contributed by atoms with Crippen molar-refractivity contribution < 1.29 is 4.79 Å². The van der Waals surface area contributed by atoms with Gasteiger partial charge in [-0.05, 0) is 18.6 Å². The number of para-hydroxylation sites is 1. The molecule has 0 spiro atoms. The van der Waals surface area contributed by atoms with E-state index in [0.29, 0.717) is 28.5 Å². The molecule has 0 radical (unpaired) electrons. The van der Waals surface area contributed by atoms with E-state index in [4.69, 9.17) is 17.3 Å². The van der Waals surface area contributed by atoms with E-state index < -0.39 is 0 Å². The molecule has 2 rings (SSSR count). The van der Waals surface area contributed by atoms with Gasteiger partial charge in [-0.25, -0.2) is 0 Å². The number of aryl methyl sites for hydroxylation is 1. The lowest BCUT2D eigenvalue weighted by Crippen LogP contribution is -2.13. The number of hydrogen-bond acceptors (Lipinski definition) is 3. The Kier molecular flexibility index (Phi) is 3.67. The molecule has 18 heavy (non-hydrogen) atoms. The molecule has 5 heteroatoms. The van der Waals surface area contributed by atoms with Gasteiger partial charge in [0, 0.05) is 17.8 Å². The molecule has 2 aromatic rings. The number of rotatable bonds is 4. The van der Waals surface area contributed by atoms with Gasteiger partial charge in [0.2, 0.25) is 5.78 Å². The standard InChI is InChI=1S/C13H14ClN3O/c1-2-7-17-12(10(14)8-16-17)13(18)9-5-3-4-6-11(9)15/h3-6,8H,2,7,15H2,1H3. The van der Waals surface area contributed by atoms with Crippen molar-refractivity contribution in [2.75, 3.05) is 5.73 Å². The van der Waals surface area contributed by atoms with E-state index in [9.17, 15) is 4.79 Å². The molecular formula is C13H14ClN3O. The maximum Gasteiger partial charge on any atom is 0.214 e. The van der Waals surface area contributed by atoms with E-state index in [1.807, 2.05) is 6.92 Å². The van der Waals surface area contributed by atoms with E-state index in [-0.39, 0.29) is 5.78 Å². The van der Waals surface area contributed by atoms with E-state index in [0.717, 1.165) is 6.42 Å². The fourth-order valence-electron chi connectivity index (χ4n) is 1.80. The van der Waals surface area contributed by atoms with Gasteiger partial charge in [0.15, 0.2) is 0 Å². The SMILES string of the molecule is CCCn1ncc(Cl)c1C(=O)c1ccccc1N. The number of aromatic nitrogens is 2. The number of hydrogen-bond donors (Lipinski definition) is 1. The average Bonchev–Trinajstić information content (AvgIpc) is 2.71. The fraction of sp³-hybridized carbons (Fsp3) is 0.231. The molecule has 1 aromatic carbocycles. The van der Waals surface area contributed by atoms with Crippen LogP contribution in [0.1, 0.15) is 29.4 Å². The van der Waals surface area contributed by atoms with Crippen LogP contribution in [0.25, 0.3) is 0 Å². The zero-order valence-corrected chi connectivity index (χ0v) is 10.8.